The molecule has 0 saturated carbocycles. The molecule has 0 atom stereocenters. The van der Waals surface area contributed by atoms with E-state index < -0.39 is 0 Å². The average Bonchev–Trinajstić information content (AvgIpc) is 2.72. The minimum atomic E-state index is -0.260. The Hall–Kier alpha value is -2.50. The molecule has 0 unspecified atom stereocenters. The summed E-state index contributed by atoms with van der Waals surface area (Å²) < 4.78 is 1.47. The van der Waals surface area contributed by atoms with Crippen molar-refractivity contribution >= 4 is 23.1 Å². The number of benzene rings is 1. The summed E-state index contributed by atoms with van der Waals surface area (Å²) in [5.41, 5.74) is 9.10. The number of hydrogen-bond acceptors (Lipinski definition) is 4. The summed E-state index contributed by atoms with van der Waals surface area (Å²) >= 11 is 0. The Morgan fingerprint density at radius 2 is 2.10 bits per heavy atom. The van der Waals surface area contributed by atoms with E-state index in [0.29, 0.717) is 11.4 Å². The Labute approximate surface area is 118 Å². The lowest BCUT2D eigenvalue weighted by Gasteiger charge is -2.17. The Morgan fingerprint density at radius 3 is 2.65 bits per heavy atom. The van der Waals surface area contributed by atoms with E-state index in [9.17, 15) is 4.79 Å². The van der Waals surface area contributed by atoms with Gasteiger partial charge in [0.05, 0.1) is 6.20 Å². The van der Waals surface area contributed by atoms with Gasteiger partial charge in [0.25, 0.3) is 5.91 Å². The largest absolute Gasteiger partial charge is 0.383 e. The van der Waals surface area contributed by atoms with E-state index in [1.807, 2.05) is 44.1 Å². The second-order valence-corrected chi connectivity index (χ2v) is 4.92. The highest BCUT2D eigenvalue weighted by Crippen LogP contribution is 2.23. The maximum absolute atomic E-state index is 12.2. The molecule has 0 radical (unpaired) electrons. The minimum Gasteiger partial charge on any atom is -0.383 e. The van der Waals surface area contributed by atoms with Crippen molar-refractivity contribution in [3.8, 4) is 0 Å². The van der Waals surface area contributed by atoms with Gasteiger partial charge in [-0.1, -0.05) is 6.07 Å². The van der Waals surface area contributed by atoms with Gasteiger partial charge in [0.15, 0.2) is 0 Å². The van der Waals surface area contributed by atoms with Crippen LogP contribution in [-0.2, 0) is 7.05 Å². The van der Waals surface area contributed by atoms with Crippen LogP contribution in [0.25, 0.3) is 0 Å². The Balaban J connectivity index is 2.24. The monoisotopic (exact) mass is 273 g/mol. The van der Waals surface area contributed by atoms with Crippen LogP contribution in [0.5, 0.6) is 0 Å². The van der Waals surface area contributed by atoms with Crippen LogP contribution in [0.1, 0.15) is 15.9 Å². The first-order valence-corrected chi connectivity index (χ1v) is 6.27. The first kappa shape index (κ1) is 13.9. The highest BCUT2D eigenvalue weighted by atomic mass is 16.1. The third-order valence-electron chi connectivity index (χ3n) is 3.18. The smallest absolute Gasteiger partial charge is 0.261 e. The summed E-state index contributed by atoms with van der Waals surface area (Å²) in [5.74, 6) is 0.0894. The normalized spacial score (nSPS) is 10.4. The molecule has 106 valence electrons. The van der Waals surface area contributed by atoms with Crippen molar-refractivity contribution in [3.63, 3.8) is 0 Å². The fraction of sp³-hybridized carbons (Fsp3) is 0.286. The lowest BCUT2D eigenvalue weighted by atomic mass is 10.1. The predicted octanol–water partition coefficient (Wildman–Crippen LogP) is 1.63. The lowest BCUT2D eigenvalue weighted by molar-refractivity contribution is 0.102. The van der Waals surface area contributed by atoms with Crippen LogP contribution in [0.3, 0.4) is 0 Å². The van der Waals surface area contributed by atoms with Gasteiger partial charge in [-0.2, -0.15) is 5.10 Å². The number of nitrogens with two attached hydrogens (primary N) is 1. The van der Waals surface area contributed by atoms with Crippen LogP contribution in [0.2, 0.25) is 0 Å². The molecule has 1 aromatic heterocycles. The molecule has 0 saturated heterocycles. The van der Waals surface area contributed by atoms with Crippen LogP contribution in [0.4, 0.5) is 17.2 Å². The molecule has 6 heteroatoms. The zero-order valence-corrected chi connectivity index (χ0v) is 12.1. The topological polar surface area (TPSA) is 76.2 Å². The Morgan fingerprint density at radius 1 is 1.40 bits per heavy atom. The number of carbonyl (C=O) groups is 1. The number of amides is 1. The summed E-state index contributed by atoms with van der Waals surface area (Å²) in [5, 5.41) is 6.80. The number of anilines is 3. The van der Waals surface area contributed by atoms with Gasteiger partial charge >= 0.3 is 0 Å². The molecule has 3 N–H and O–H groups in total. The van der Waals surface area contributed by atoms with Gasteiger partial charge in [-0.3, -0.25) is 9.48 Å². The van der Waals surface area contributed by atoms with Crippen molar-refractivity contribution in [3.05, 3.63) is 35.5 Å². The summed E-state index contributed by atoms with van der Waals surface area (Å²) in [7, 11) is 5.63. The molecule has 0 aliphatic carbocycles. The van der Waals surface area contributed by atoms with Gasteiger partial charge in [0, 0.05) is 32.5 Å². The molecular formula is C14H19N5O. The van der Waals surface area contributed by atoms with Gasteiger partial charge in [0.2, 0.25) is 0 Å². The van der Waals surface area contributed by atoms with Crippen LogP contribution in [-0.4, -0.2) is 29.8 Å². The zero-order valence-electron chi connectivity index (χ0n) is 12.1. The average molecular weight is 273 g/mol. The molecule has 1 aromatic carbocycles. The molecule has 20 heavy (non-hydrogen) atoms. The predicted molar refractivity (Wildman–Crippen MR) is 81.1 cm³/mol. The zero-order chi connectivity index (χ0) is 14.9. The molecule has 1 heterocycles. The highest BCUT2D eigenvalue weighted by molar-refractivity contribution is 6.07. The van der Waals surface area contributed by atoms with Crippen molar-refractivity contribution in [1.82, 2.24) is 9.78 Å². The quantitative estimate of drug-likeness (QED) is 0.891. The number of hydrogen-bond donors (Lipinski definition) is 2. The summed E-state index contributed by atoms with van der Waals surface area (Å²) in [6, 6.07) is 5.77. The van der Waals surface area contributed by atoms with E-state index in [-0.39, 0.29) is 5.91 Å². The number of aryl methyl sites for hydroxylation is 2. The van der Waals surface area contributed by atoms with Crippen LogP contribution in [0, 0.1) is 6.92 Å². The molecule has 6 nitrogen and oxygen atoms in total. The summed E-state index contributed by atoms with van der Waals surface area (Å²) in [6.45, 7) is 2.03. The molecule has 2 rings (SSSR count). The molecule has 0 aliphatic rings. The van der Waals surface area contributed by atoms with Crippen LogP contribution < -0.4 is 16.0 Å². The first-order valence-electron chi connectivity index (χ1n) is 6.27. The second-order valence-electron chi connectivity index (χ2n) is 4.92. The van der Waals surface area contributed by atoms with E-state index in [1.165, 1.54) is 10.9 Å². The molecule has 0 aliphatic heterocycles. The Kier molecular flexibility index (Phi) is 3.65. The van der Waals surface area contributed by atoms with Crippen LogP contribution >= 0.6 is 0 Å². The van der Waals surface area contributed by atoms with E-state index in [4.69, 9.17) is 5.73 Å². The minimum absolute atomic E-state index is 0.260. The van der Waals surface area contributed by atoms with Crippen LogP contribution in [0.15, 0.2) is 24.4 Å². The number of nitrogens with zero attached hydrogens (tertiary/aromatic N) is 3. The van der Waals surface area contributed by atoms with Crippen molar-refractivity contribution < 1.29 is 4.79 Å². The van der Waals surface area contributed by atoms with Gasteiger partial charge in [-0.25, -0.2) is 0 Å². The fourth-order valence-corrected chi connectivity index (χ4v) is 1.99. The molecule has 0 bridgehead atoms. The summed E-state index contributed by atoms with van der Waals surface area (Å²) in [6.07, 6.45) is 1.46. The standard InChI is InChI=1S/C14H19N5O/c1-9-5-6-10(7-12(9)18(2)3)17-14(20)11-8-16-19(4)13(11)15/h5-8H,15H2,1-4H3,(H,17,20). The van der Waals surface area contributed by atoms with Gasteiger partial charge in [0.1, 0.15) is 11.4 Å². The molecule has 2 aromatic rings. The van der Waals surface area contributed by atoms with Crippen molar-refractivity contribution in [2.45, 2.75) is 6.92 Å². The van der Waals surface area contributed by atoms with Gasteiger partial charge in [-0.05, 0) is 24.6 Å². The number of carbonyl (C=O) groups excluding carboxylic acids is 1. The molecular weight excluding hydrogens is 254 g/mol. The first-order chi connectivity index (χ1) is 9.40. The third-order valence-corrected chi connectivity index (χ3v) is 3.18. The molecule has 1 amide bonds. The lowest BCUT2D eigenvalue weighted by Crippen LogP contribution is -2.15. The van der Waals surface area contributed by atoms with E-state index in [2.05, 4.69) is 10.4 Å². The number of nitrogens with one attached hydrogen (secondary N) is 1. The SMILES string of the molecule is Cc1ccc(NC(=O)c2cnn(C)c2N)cc1N(C)C. The van der Waals surface area contributed by atoms with Crippen molar-refractivity contribution in [2.75, 3.05) is 30.0 Å². The van der Waals surface area contributed by atoms with Gasteiger partial charge in [-0.15, -0.1) is 0 Å². The molecule has 0 fully saturated rings. The van der Waals surface area contributed by atoms with E-state index in [1.54, 1.807) is 7.05 Å². The van der Waals surface area contributed by atoms with Gasteiger partial charge < -0.3 is 16.0 Å². The highest BCUT2D eigenvalue weighted by Gasteiger charge is 2.14. The third kappa shape index (κ3) is 2.59. The van der Waals surface area contributed by atoms with E-state index in [0.717, 1.165) is 16.9 Å². The number of aromatic nitrogens is 2. The number of nitrogen functional groups attached to an aromatic ring is 1. The van der Waals surface area contributed by atoms with Crippen molar-refractivity contribution in [1.29, 1.82) is 0 Å². The maximum Gasteiger partial charge on any atom is 0.261 e. The molecule has 0 spiro atoms. The number of rotatable bonds is 3. The van der Waals surface area contributed by atoms with Crippen molar-refractivity contribution in [2.24, 2.45) is 7.05 Å². The second kappa shape index (κ2) is 5.24. The Bertz CT molecular complexity index is 645. The fourth-order valence-electron chi connectivity index (χ4n) is 1.99. The maximum atomic E-state index is 12.2. The summed E-state index contributed by atoms with van der Waals surface area (Å²) in [4.78, 5) is 14.2. The van der Waals surface area contributed by atoms with E-state index >= 15 is 0 Å².